The molecule has 4 aliphatic rings. The van der Waals surface area contributed by atoms with Crippen LogP contribution in [0.3, 0.4) is 0 Å². The number of halogens is 4. The maximum absolute atomic E-state index is 14.7. The topological polar surface area (TPSA) is 147 Å². The molecule has 0 bridgehead atoms. The molecule has 3 fully saturated rings. The van der Waals surface area contributed by atoms with E-state index < -0.39 is 69.4 Å². The second kappa shape index (κ2) is 11.7. The zero-order valence-corrected chi connectivity index (χ0v) is 29.6. The molecule has 11 nitrogen and oxygen atoms in total. The summed E-state index contributed by atoms with van der Waals surface area (Å²) in [5.41, 5.74) is -0.197. The number of allylic oxidation sites excluding steroid dienone is 2. The fourth-order valence-electron chi connectivity index (χ4n) is 8.18. The highest BCUT2D eigenvalue weighted by Crippen LogP contribution is 2.65. The number of hydrogen-bond donors (Lipinski definition) is 1. The van der Waals surface area contributed by atoms with Gasteiger partial charge in [-0.1, -0.05) is 23.3 Å². The number of phenolic OH excluding ortho intramolecular Hbond substituents is 1. The van der Waals surface area contributed by atoms with E-state index in [0.717, 1.165) is 15.9 Å². The summed E-state index contributed by atoms with van der Waals surface area (Å²) in [7, 11) is 1.37. The minimum absolute atomic E-state index is 0.0527. The third-order valence-electron chi connectivity index (χ3n) is 10.5. The summed E-state index contributed by atoms with van der Waals surface area (Å²) in [5.74, 6) is -7.10. The van der Waals surface area contributed by atoms with Crippen LogP contribution in [0.5, 0.6) is 11.5 Å². The SMILES string of the molecule is COc1cc(C2C3=CCC4C(=O)N(c5ccc([N+](=O)[O-])cc5)C(=O)C4C3CC3C(=O)N(c4ccc(F)c(Cl)c4)C(=O)C32C)c(Br)c(Br)c1O. The maximum Gasteiger partial charge on any atom is 0.269 e. The lowest BCUT2D eigenvalue weighted by Crippen LogP contribution is -2.49. The van der Waals surface area contributed by atoms with Crippen LogP contribution in [0, 0.1) is 45.0 Å². The van der Waals surface area contributed by atoms with Crippen LogP contribution in [0.2, 0.25) is 5.02 Å². The van der Waals surface area contributed by atoms with Crippen molar-refractivity contribution in [1.82, 2.24) is 0 Å². The number of aromatic hydroxyl groups is 1. The lowest BCUT2D eigenvalue weighted by molar-refractivity contribution is -0.384. The Morgan fingerprint density at radius 3 is 2.29 bits per heavy atom. The molecule has 2 saturated heterocycles. The lowest BCUT2D eigenvalue weighted by Gasteiger charge is -2.49. The highest BCUT2D eigenvalue weighted by atomic mass is 79.9. The van der Waals surface area contributed by atoms with Gasteiger partial charge in [0.25, 0.3) is 5.69 Å². The molecule has 4 amide bonds. The fourth-order valence-corrected chi connectivity index (χ4v) is 9.32. The van der Waals surface area contributed by atoms with Crippen molar-refractivity contribution in [2.24, 2.45) is 29.1 Å². The smallest absolute Gasteiger partial charge is 0.269 e. The van der Waals surface area contributed by atoms with Crippen molar-refractivity contribution in [3.8, 4) is 11.5 Å². The van der Waals surface area contributed by atoms with Gasteiger partial charge in [0.2, 0.25) is 23.6 Å². The second-order valence-corrected chi connectivity index (χ2v) is 14.7. The van der Waals surface area contributed by atoms with Crippen molar-refractivity contribution in [3.63, 3.8) is 0 Å². The number of carbonyl (C=O) groups excluding carboxylic acids is 4. The van der Waals surface area contributed by atoms with Gasteiger partial charge in [0.15, 0.2) is 11.5 Å². The number of nitrogens with zero attached hydrogens (tertiary/aromatic N) is 3. The van der Waals surface area contributed by atoms with Crippen LogP contribution in [-0.4, -0.2) is 40.8 Å². The molecule has 15 heteroatoms. The van der Waals surface area contributed by atoms with E-state index in [1.54, 1.807) is 13.0 Å². The first-order chi connectivity index (χ1) is 23.2. The Kier molecular flexibility index (Phi) is 7.99. The van der Waals surface area contributed by atoms with Crippen LogP contribution >= 0.6 is 43.5 Å². The lowest BCUT2D eigenvalue weighted by atomic mass is 9.51. The summed E-state index contributed by atoms with van der Waals surface area (Å²) in [6, 6.07) is 10.3. The normalized spacial score (nSPS) is 27.6. The molecule has 6 atom stereocenters. The molecule has 0 aromatic heterocycles. The largest absolute Gasteiger partial charge is 0.503 e. The number of ether oxygens (including phenoxy) is 1. The van der Waals surface area contributed by atoms with Gasteiger partial charge in [0, 0.05) is 22.5 Å². The number of amides is 4. The predicted molar refractivity (Wildman–Crippen MR) is 182 cm³/mol. The molecule has 7 rings (SSSR count). The molecule has 0 spiro atoms. The average Bonchev–Trinajstić information content (AvgIpc) is 3.45. The Morgan fingerprint density at radius 2 is 1.65 bits per heavy atom. The molecule has 0 radical (unpaired) electrons. The molecule has 6 unspecified atom stereocenters. The van der Waals surface area contributed by atoms with Gasteiger partial charge in [-0.25, -0.2) is 9.29 Å². The molecule has 3 aromatic rings. The van der Waals surface area contributed by atoms with Crippen LogP contribution in [-0.2, 0) is 19.2 Å². The number of phenols is 1. The summed E-state index contributed by atoms with van der Waals surface area (Å²) in [6.45, 7) is 1.68. The van der Waals surface area contributed by atoms with E-state index in [1.807, 2.05) is 6.08 Å². The summed E-state index contributed by atoms with van der Waals surface area (Å²) in [4.78, 5) is 69.8. The van der Waals surface area contributed by atoms with Crippen molar-refractivity contribution >= 4 is 84.2 Å². The zero-order chi connectivity index (χ0) is 35.3. The van der Waals surface area contributed by atoms with Crippen molar-refractivity contribution in [2.75, 3.05) is 16.9 Å². The molecule has 2 aliphatic carbocycles. The molecule has 252 valence electrons. The standard InChI is InChI=1S/C34H25Br2ClFN3O8/c1-34-21(31(44)40(33(34)46)16-7-10-23(38)22(37)11-16)12-19-17(26(34)20-13-24(49-2)29(42)28(36)27(20)35)8-9-18-25(19)32(45)39(30(18)43)14-3-5-15(6-4-14)41(47)48/h3-8,10-11,13,18-19,21,25-26,42H,9,12H2,1-2H3. The van der Waals surface area contributed by atoms with Crippen LogP contribution in [0.25, 0.3) is 0 Å². The Morgan fingerprint density at radius 1 is 0.980 bits per heavy atom. The van der Waals surface area contributed by atoms with Gasteiger partial charge in [-0.15, -0.1) is 0 Å². The number of rotatable bonds is 5. The van der Waals surface area contributed by atoms with E-state index in [9.17, 15) is 38.8 Å². The summed E-state index contributed by atoms with van der Waals surface area (Å²) >= 11 is 13.1. The third-order valence-corrected chi connectivity index (χ3v) is 12.9. The van der Waals surface area contributed by atoms with E-state index in [-0.39, 0.29) is 50.9 Å². The van der Waals surface area contributed by atoms with Crippen molar-refractivity contribution in [1.29, 1.82) is 0 Å². The molecule has 3 aromatic carbocycles. The number of carbonyl (C=O) groups is 4. The number of imide groups is 2. The highest BCUT2D eigenvalue weighted by Gasteiger charge is 2.68. The van der Waals surface area contributed by atoms with Gasteiger partial charge in [-0.05, 0) is 99.5 Å². The first-order valence-corrected chi connectivity index (χ1v) is 17.1. The van der Waals surface area contributed by atoms with Gasteiger partial charge in [0.1, 0.15) is 5.82 Å². The maximum atomic E-state index is 14.7. The number of non-ortho nitro benzene ring substituents is 1. The van der Waals surface area contributed by atoms with Crippen molar-refractivity contribution in [3.05, 3.63) is 95.6 Å². The van der Waals surface area contributed by atoms with E-state index in [1.165, 1.54) is 43.5 Å². The van der Waals surface area contributed by atoms with E-state index in [0.29, 0.717) is 15.6 Å². The highest BCUT2D eigenvalue weighted by molar-refractivity contribution is 9.13. The zero-order valence-electron chi connectivity index (χ0n) is 25.7. The number of fused-ring (bicyclic) bond motifs is 4. The number of anilines is 2. The monoisotopic (exact) mass is 815 g/mol. The first-order valence-electron chi connectivity index (χ1n) is 15.1. The molecule has 2 aliphatic heterocycles. The fraction of sp³-hybridized carbons (Fsp3) is 0.294. The Labute approximate surface area is 300 Å². The Hall–Kier alpha value is -4.14. The molecular formula is C34H25Br2ClFN3O8. The molecule has 1 N–H and O–H groups in total. The summed E-state index contributed by atoms with van der Waals surface area (Å²) < 4.78 is 20.3. The Balaban J connectivity index is 1.39. The number of nitro benzene ring substituents is 1. The van der Waals surface area contributed by atoms with Gasteiger partial charge >= 0.3 is 0 Å². The molecule has 49 heavy (non-hydrogen) atoms. The third kappa shape index (κ3) is 4.70. The van der Waals surface area contributed by atoms with E-state index in [2.05, 4.69) is 31.9 Å². The summed E-state index contributed by atoms with van der Waals surface area (Å²) in [6.07, 6.45) is 2.07. The van der Waals surface area contributed by atoms with Crippen LogP contribution in [0.15, 0.2) is 69.1 Å². The van der Waals surface area contributed by atoms with Gasteiger partial charge in [-0.2, -0.15) is 0 Å². The number of methoxy groups -OCH3 is 1. The van der Waals surface area contributed by atoms with Crippen LogP contribution in [0.1, 0.15) is 31.2 Å². The second-order valence-electron chi connectivity index (χ2n) is 12.7. The van der Waals surface area contributed by atoms with Crippen LogP contribution in [0.4, 0.5) is 21.5 Å². The van der Waals surface area contributed by atoms with Crippen LogP contribution < -0.4 is 14.5 Å². The Bertz CT molecular complexity index is 2060. The quantitative estimate of drug-likeness (QED) is 0.125. The van der Waals surface area contributed by atoms with Gasteiger partial charge in [0.05, 0.1) is 56.1 Å². The molecule has 2 heterocycles. The minimum atomic E-state index is -1.44. The minimum Gasteiger partial charge on any atom is -0.503 e. The molecule has 1 saturated carbocycles. The summed E-state index contributed by atoms with van der Waals surface area (Å²) in [5, 5.41) is 21.7. The number of hydrogen-bond acceptors (Lipinski definition) is 8. The van der Waals surface area contributed by atoms with Gasteiger partial charge in [-0.3, -0.25) is 34.2 Å². The van der Waals surface area contributed by atoms with Crippen molar-refractivity contribution in [2.45, 2.75) is 25.7 Å². The number of nitro groups is 1. The van der Waals surface area contributed by atoms with E-state index >= 15 is 0 Å². The first kappa shape index (κ1) is 33.4. The molecular weight excluding hydrogens is 793 g/mol. The number of benzene rings is 3. The van der Waals surface area contributed by atoms with Gasteiger partial charge < -0.3 is 9.84 Å². The van der Waals surface area contributed by atoms with E-state index in [4.69, 9.17) is 16.3 Å². The average molecular weight is 818 g/mol. The van der Waals surface area contributed by atoms with Crippen molar-refractivity contribution < 1.29 is 38.3 Å². The predicted octanol–water partition coefficient (Wildman–Crippen LogP) is 7.06.